The van der Waals surface area contributed by atoms with Crippen LogP contribution in [0.5, 0.6) is 0 Å². The van der Waals surface area contributed by atoms with Crippen molar-refractivity contribution >= 4 is 28.0 Å². The van der Waals surface area contributed by atoms with Crippen LogP contribution in [-0.2, 0) is 7.05 Å². The summed E-state index contributed by atoms with van der Waals surface area (Å²) in [6.07, 6.45) is 0. The van der Waals surface area contributed by atoms with Gasteiger partial charge in [0.15, 0.2) is 5.58 Å². The van der Waals surface area contributed by atoms with Gasteiger partial charge in [0.1, 0.15) is 11.3 Å². The first kappa shape index (κ1) is 9.96. The number of amides is 1. The van der Waals surface area contributed by atoms with Crippen molar-refractivity contribution in [2.24, 2.45) is 7.05 Å². The zero-order chi connectivity index (χ0) is 12.0. The summed E-state index contributed by atoms with van der Waals surface area (Å²) in [5.74, 6) is -0.108. The molecule has 0 saturated carbocycles. The molecule has 0 aliphatic rings. The van der Waals surface area contributed by atoms with Crippen molar-refractivity contribution in [2.45, 2.75) is 0 Å². The molecule has 0 saturated heterocycles. The molecule has 2 aromatic heterocycles. The normalized spacial score (nSPS) is 11.2. The van der Waals surface area contributed by atoms with Gasteiger partial charge in [-0.05, 0) is 12.1 Å². The van der Waals surface area contributed by atoms with Crippen LogP contribution in [0.25, 0.3) is 22.1 Å². The second kappa shape index (κ2) is 3.38. The van der Waals surface area contributed by atoms with Gasteiger partial charge < -0.3 is 14.3 Å². The number of fused-ring (bicyclic) bond motifs is 3. The summed E-state index contributed by atoms with van der Waals surface area (Å²) in [6, 6.07) is 9.59. The molecule has 4 heteroatoms. The fraction of sp³-hybridized carbons (Fsp3) is 0.154. The molecule has 1 amide bonds. The number of furan rings is 1. The fourth-order valence-electron chi connectivity index (χ4n) is 2.18. The third kappa shape index (κ3) is 1.27. The Labute approximate surface area is 97.8 Å². The Bertz CT molecular complexity index is 722. The van der Waals surface area contributed by atoms with Crippen LogP contribution >= 0.6 is 0 Å². The number of benzene rings is 1. The summed E-state index contributed by atoms with van der Waals surface area (Å²) in [6.45, 7) is 0. The van der Waals surface area contributed by atoms with E-state index in [9.17, 15) is 4.79 Å². The molecule has 86 valence electrons. The molecule has 0 atom stereocenters. The van der Waals surface area contributed by atoms with Gasteiger partial charge >= 0.3 is 0 Å². The van der Waals surface area contributed by atoms with E-state index in [0.717, 1.165) is 22.1 Å². The highest BCUT2D eigenvalue weighted by molar-refractivity contribution is 6.07. The monoisotopic (exact) mass is 228 g/mol. The Balaban J connectivity index is 2.39. The zero-order valence-electron chi connectivity index (χ0n) is 9.65. The number of nitrogens with zero attached hydrogens (tertiary/aromatic N) is 1. The topological polar surface area (TPSA) is 47.2 Å². The molecule has 3 aromatic rings. The summed E-state index contributed by atoms with van der Waals surface area (Å²) in [5, 5.41) is 3.65. The van der Waals surface area contributed by atoms with Crippen molar-refractivity contribution in [3.8, 4) is 0 Å². The van der Waals surface area contributed by atoms with Gasteiger partial charge in [0.25, 0.3) is 5.91 Å². The van der Waals surface area contributed by atoms with Crippen LogP contribution in [0.15, 0.2) is 34.7 Å². The number of para-hydroxylation sites is 1. The van der Waals surface area contributed by atoms with E-state index in [1.807, 2.05) is 35.9 Å². The maximum Gasteiger partial charge on any atom is 0.267 e. The molecular weight excluding hydrogens is 216 g/mol. The lowest BCUT2D eigenvalue weighted by molar-refractivity contribution is 0.0955. The molecule has 2 heterocycles. The molecule has 1 aromatic carbocycles. The average Bonchev–Trinajstić information content (AvgIpc) is 2.85. The lowest BCUT2D eigenvalue weighted by Gasteiger charge is -2.01. The second-order valence-electron chi connectivity index (χ2n) is 3.98. The zero-order valence-corrected chi connectivity index (χ0v) is 9.65. The van der Waals surface area contributed by atoms with Crippen LogP contribution < -0.4 is 5.32 Å². The highest BCUT2D eigenvalue weighted by atomic mass is 16.3. The number of nitrogens with one attached hydrogen (secondary N) is 1. The second-order valence-corrected chi connectivity index (χ2v) is 3.98. The van der Waals surface area contributed by atoms with Crippen molar-refractivity contribution in [3.63, 3.8) is 0 Å². The molecule has 0 bridgehead atoms. The summed E-state index contributed by atoms with van der Waals surface area (Å²) in [5.41, 5.74) is 3.15. The van der Waals surface area contributed by atoms with E-state index in [1.165, 1.54) is 0 Å². The highest BCUT2D eigenvalue weighted by Gasteiger charge is 2.17. The summed E-state index contributed by atoms with van der Waals surface area (Å²) in [7, 11) is 3.49. The number of carbonyl (C=O) groups is 1. The van der Waals surface area contributed by atoms with Crippen molar-refractivity contribution in [1.29, 1.82) is 0 Å². The van der Waals surface area contributed by atoms with Gasteiger partial charge in [0, 0.05) is 25.5 Å². The standard InChI is InChI=1S/C13H12N2O2/c1-14-13(16)9-7-11-12(15(9)2)8-5-3-4-6-10(8)17-11/h3-7H,1-2H3,(H,14,16). The Morgan fingerprint density at radius 2 is 2.06 bits per heavy atom. The first-order valence-corrected chi connectivity index (χ1v) is 5.41. The first-order chi connectivity index (χ1) is 8.22. The smallest absolute Gasteiger partial charge is 0.267 e. The van der Waals surface area contributed by atoms with Crippen LogP contribution in [0.1, 0.15) is 10.5 Å². The predicted molar refractivity (Wildman–Crippen MR) is 66.1 cm³/mol. The van der Waals surface area contributed by atoms with E-state index in [1.54, 1.807) is 13.1 Å². The lowest BCUT2D eigenvalue weighted by Crippen LogP contribution is -2.20. The van der Waals surface area contributed by atoms with E-state index < -0.39 is 0 Å². The van der Waals surface area contributed by atoms with E-state index in [0.29, 0.717) is 5.69 Å². The summed E-state index contributed by atoms with van der Waals surface area (Å²) < 4.78 is 7.57. The molecule has 1 N–H and O–H groups in total. The summed E-state index contributed by atoms with van der Waals surface area (Å²) >= 11 is 0. The SMILES string of the molecule is CNC(=O)c1cc2oc3ccccc3c2n1C. The van der Waals surface area contributed by atoms with Gasteiger partial charge in [-0.25, -0.2) is 0 Å². The van der Waals surface area contributed by atoms with Crippen LogP contribution in [0.4, 0.5) is 0 Å². The minimum atomic E-state index is -0.108. The molecule has 3 rings (SSSR count). The Morgan fingerprint density at radius 1 is 1.29 bits per heavy atom. The van der Waals surface area contributed by atoms with Gasteiger partial charge in [-0.15, -0.1) is 0 Å². The van der Waals surface area contributed by atoms with Crippen LogP contribution in [-0.4, -0.2) is 17.5 Å². The number of hydrogen-bond donors (Lipinski definition) is 1. The lowest BCUT2D eigenvalue weighted by atomic mass is 10.2. The number of hydrogen-bond acceptors (Lipinski definition) is 2. The average molecular weight is 228 g/mol. The highest BCUT2D eigenvalue weighted by Crippen LogP contribution is 2.30. The van der Waals surface area contributed by atoms with Crippen LogP contribution in [0.3, 0.4) is 0 Å². The molecule has 4 nitrogen and oxygen atoms in total. The van der Waals surface area contributed by atoms with Crippen molar-refractivity contribution in [1.82, 2.24) is 9.88 Å². The third-order valence-electron chi connectivity index (χ3n) is 3.02. The number of aromatic nitrogens is 1. The summed E-state index contributed by atoms with van der Waals surface area (Å²) in [4.78, 5) is 11.7. The minimum absolute atomic E-state index is 0.108. The van der Waals surface area contributed by atoms with Crippen molar-refractivity contribution < 1.29 is 9.21 Å². The fourth-order valence-corrected chi connectivity index (χ4v) is 2.18. The maximum atomic E-state index is 11.7. The van der Waals surface area contributed by atoms with E-state index in [2.05, 4.69) is 5.32 Å². The number of carbonyl (C=O) groups excluding carboxylic acids is 1. The third-order valence-corrected chi connectivity index (χ3v) is 3.02. The molecule has 0 aliphatic heterocycles. The predicted octanol–water partition coefficient (Wildman–Crippen LogP) is 2.28. The van der Waals surface area contributed by atoms with Gasteiger partial charge in [-0.3, -0.25) is 4.79 Å². The van der Waals surface area contributed by atoms with Gasteiger partial charge in [0.05, 0.1) is 5.52 Å². The van der Waals surface area contributed by atoms with Gasteiger partial charge in [0.2, 0.25) is 0 Å². The maximum absolute atomic E-state index is 11.7. The largest absolute Gasteiger partial charge is 0.454 e. The number of rotatable bonds is 1. The Morgan fingerprint density at radius 3 is 2.82 bits per heavy atom. The minimum Gasteiger partial charge on any atom is -0.454 e. The molecule has 0 radical (unpaired) electrons. The molecule has 17 heavy (non-hydrogen) atoms. The molecule has 0 spiro atoms. The quantitative estimate of drug-likeness (QED) is 0.694. The number of aryl methyl sites for hydroxylation is 1. The van der Waals surface area contributed by atoms with E-state index in [-0.39, 0.29) is 5.91 Å². The van der Waals surface area contributed by atoms with Gasteiger partial charge in [-0.1, -0.05) is 12.1 Å². The molecule has 0 fully saturated rings. The van der Waals surface area contributed by atoms with E-state index >= 15 is 0 Å². The molecule has 0 unspecified atom stereocenters. The van der Waals surface area contributed by atoms with Crippen molar-refractivity contribution in [3.05, 3.63) is 36.0 Å². The van der Waals surface area contributed by atoms with E-state index in [4.69, 9.17) is 4.42 Å². The molecule has 0 aliphatic carbocycles. The Kier molecular flexibility index (Phi) is 1.98. The Hall–Kier alpha value is -2.23. The van der Waals surface area contributed by atoms with Gasteiger partial charge in [-0.2, -0.15) is 0 Å². The van der Waals surface area contributed by atoms with Crippen LogP contribution in [0.2, 0.25) is 0 Å². The van der Waals surface area contributed by atoms with Crippen molar-refractivity contribution in [2.75, 3.05) is 7.05 Å². The molecular formula is C13H12N2O2. The van der Waals surface area contributed by atoms with Crippen LogP contribution in [0, 0.1) is 0 Å². The first-order valence-electron chi connectivity index (χ1n) is 5.41.